The SMILES string of the molecule is Cc1ccc(C(CC(=O)NCc2cccnc2)N2Cc3ccccc3C2=O)cc1. The van der Waals surface area contributed by atoms with Gasteiger partial charge in [0, 0.05) is 31.0 Å². The van der Waals surface area contributed by atoms with Crippen LogP contribution in [-0.2, 0) is 17.9 Å². The number of nitrogens with one attached hydrogen (secondary N) is 1. The zero-order chi connectivity index (χ0) is 20.2. The lowest BCUT2D eigenvalue weighted by Gasteiger charge is -2.28. The van der Waals surface area contributed by atoms with Gasteiger partial charge < -0.3 is 10.2 Å². The van der Waals surface area contributed by atoms with E-state index in [1.54, 1.807) is 17.3 Å². The number of pyridine rings is 1. The molecule has 5 heteroatoms. The number of hydrogen-bond donors (Lipinski definition) is 1. The summed E-state index contributed by atoms with van der Waals surface area (Å²) in [5.74, 6) is -0.116. The fraction of sp³-hybridized carbons (Fsp3) is 0.208. The van der Waals surface area contributed by atoms with E-state index in [1.165, 1.54) is 0 Å². The van der Waals surface area contributed by atoms with Gasteiger partial charge >= 0.3 is 0 Å². The van der Waals surface area contributed by atoms with Gasteiger partial charge in [-0.3, -0.25) is 14.6 Å². The number of carbonyl (C=O) groups is 2. The second-order valence-corrected chi connectivity index (χ2v) is 7.36. The van der Waals surface area contributed by atoms with Gasteiger partial charge in [-0.05, 0) is 35.7 Å². The zero-order valence-corrected chi connectivity index (χ0v) is 16.3. The second kappa shape index (κ2) is 8.27. The van der Waals surface area contributed by atoms with Gasteiger partial charge in [0.05, 0.1) is 12.5 Å². The number of fused-ring (bicyclic) bond motifs is 1. The Morgan fingerprint density at radius 1 is 1.10 bits per heavy atom. The van der Waals surface area contributed by atoms with Crippen LogP contribution in [0.3, 0.4) is 0 Å². The second-order valence-electron chi connectivity index (χ2n) is 7.36. The van der Waals surface area contributed by atoms with Crippen molar-refractivity contribution in [3.63, 3.8) is 0 Å². The largest absolute Gasteiger partial charge is 0.352 e. The summed E-state index contributed by atoms with van der Waals surface area (Å²) in [5, 5.41) is 2.95. The van der Waals surface area contributed by atoms with Crippen LogP contribution in [-0.4, -0.2) is 21.7 Å². The van der Waals surface area contributed by atoms with E-state index >= 15 is 0 Å². The van der Waals surface area contributed by atoms with Crippen LogP contribution in [0.1, 0.15) is 45.1 Å². The lowest BCUT2D eigenvalue weighted by Crippen LogP contribution is -2.34. The number of hydrogen-bond acceptors (Lipinski definition) is 3. The van der Waals surface area contributed by atoms with E-state index in [1.807, 2.05) is 67.6 Å². The molecule has 0 saturated heterocycles. The van der Waals surface area contributed by atoms with Crippen LogP contribution in [0.4, 0.5) is 0 Å². The molecule has 0 aliphatic carbocycles. The average molecular weight is 385 g/mol. The zero-order valence-electron chi connectivity index (χ0n) is 16.3. The Bertz CT molecular complexity index is 1020. The fourth-order valence-corrected chi connectivity index (χ4v) is 3.68. The van der Waals surface area contributed by atoms with Crippen molar-refractivity contribution in [3.8, 4) is 0 Å². The molecule has 0 fully saturated rings. The summed E-state index contributed by atoms with van der Waals surface area (Å²) in [6, 6.07) is 19.1. The quantitative estimate of drug-likeness (QED) is 0.702. The van der Waals surface area contributed by atoms with Crippen LogP contribution >= 0.6 is 0 Å². The monoisotopic (exact) mass is 385 g/mol. The molecule has 1 atom stereocenters. The first-order valence-corrected chi connectivity index (χ1v) is 9.73. The van der Waals surface area contributed by atoms with Gasteiger partial charge in [0.25, 0.3) is 5.91 Å². The summed E-state index contributed by atoms with van der Waals surface area (Å²) >= 11 is 0. The minimum Gasteiger partial charge on any atom is -0.352 e. The third kappa shape index (κ3) is 4.19. The first-order chi connectivity index (χ1) is 14.1. The molecule has 1 aliphatic rings. The number of benzene rings is 2. The van der Waals surface area contributed by atoms with Crippen LogP contribution in [0.15, 0.2) is 73.1 Å². The normalized spacial score (nSPS) is 13.8. The van der Waals surface area contributed by atoms with E-state index in [2.05, 4.69) is 10.3 Å². The highest BCUT2D eigenvalue weighted by molar-refractivity contribution is 5.98. The number of rotatable bonds is 6. The molecule has 0 spiro atoms. The van der Waals surface area contributed by atoms with Crippen molar-refractivity contribution in [1.82, 2.24) is 15.2 Å². The van der Waals surface area contributed by atoms with Gasteiger partial charge in [-0.25, -0.2) is 0 Å². The number of aryl methyl sites for hydroxylation is 1. The maximum Gasteiger partial charge on any atom is 0.255 e. The number of aromatic nitrogens is 1. The van der Waals surface area contributed by atoms with Gasteiger partial charge in [0.15, 0.2) is 0 Å². The molecule has 0 saturated carbocycles. The molecule has 4 rings (SSSR count). The van der Waals surface area contributed by atoms with E-state index in [9.17, 15) is 9.59 Å². The summed E-state index contributed by atoms with van der Waals surface area (Å²) in [6.07, 6.45) is 3.65. The van der Waals surface area contributed by atoms with E-state index in [4.69, 9.17) is 0 Å². The lowest BCUT2D eigenvalue weighted by molar-refractivity contribution is -0.122. The van der Waals surface area contributed by atoms with Gasteiger partial charge in [-0.15, -0.1) is 0 Å². The maximum absolute atomic E-state index is 13.0. The number of carbonyl (C=O) groups excluding carboxylic acids is 2. The third-order valence-electron chi connectivity index (χ3n) is 5.28. The molecule has 1 N–H and O–H groups in total. The lowest BCUT2D eigenvalue weighted by atomic mass is 10.00. The van der Waals surface area contributed by atoms with Crippen molar-refractivity contribution in [1.29, 1.82) is 0 Å². The van der Waals surface area contributed by atoms with Crippen LogP contribution in [0, 0.1) is 6.92 Å². The Morgan fingerprint density at radius 3 is 2.62 bits per heavy atom. The molecule has 2 amide bonds. The number of amides is 2. The van der Waals surface area contributed by atoms with Crippen LogP contribution in [0.5, 0.6) is 0 Å². The van der Waals surface area contributed by atoms with Crippen LogP contribution in [0.2, 0.25) is 0 Å². The van der Waals surface area contributed by atoms with E-state index in [-0.39, 0.29) is 24.3 Å². The highest BCUT2D eigenvalue weighted by Gasteiger charge is 2.34. The minimum absolute atomic E-state index is 0.0220. The van der Waals surface area contributed by atoms with Crippen molar-refractivity contribution in [2.45, 2.75) is 32.5 Å². The van der Waals surface area contributed by atoms with Crippen LogP contribution in [0.25, 0.3) is 0 Å². The molecular weight excluding hydrogens is 362 g/mol. The van der Waals surface area contributed by atoms with Crippen molar-refractivity contribution in [3.05, 3.63) is 101 Å². The molecule has 1 unspecified atom stereocenters. The molecule has 2 aromatic carbocycles. The van der Waals surface area contributed by atoms with E-state index in [0.29, 0.717) is 13.1 Å². The standard InChI is InChI=1S/C24H23N3O2/c1-17-8-10-19(11-9-17)22(13-23(28)26-15-18-5-4-12-25-14-18)27-16-20-6-2-3-7-21(20)24(27)29/h2-12,14,22H,13,15-16H2,1H3,(H,26,28). The van der Waals surface area contributed by atoms with Gasteiger partial charge in [0.2, 0.25) is 5.91 Å². The van der Waals surface area contributed by atoms with Crippen molar-refractivity contribution in [2.75, 3.05) is 0 Å². The smallest absolute Gasteiger partial charge is 0.255 e. The predicted octanol–water partition coefficient (Wildman–Crippen LogP) is 3.79. The maximum atomic E-state index is 13.0. The Kier molecular flexibility index (Phi) is 5.38. The minimum atomic E-state index is -0.315. The van der Waals surface area contributed by atoms with Gasteiger partial charge in [-0.1, -0.05) is 54.1 Å². The molecule has 0 bridgehead atoms. The van der Waals surface area contributed by atoms with Gasteiger partial charge in [0.1, 0.15) is 0 Å². The van der Waals surface area contributed by atoms with Crippen molar-refractivity contribution >= 4 is 11.8 Å². The Morgan fingerprint density at radius 2 is 1.90 bits per heavy atom. The van der Waals surface area contributed by atoms with Crippen molar-refractivity contribution in [2.24, 2.45) is 0 Å². The topological polar surface area (TPSA) is 62.3 Å². The first kappa shape index (κ1) is 18.9. The Hall–Kier alpha value is -3.47. The molecule has 2 heterocycles. The third-order valence-corrected chi connectivity index (χ3v) is 5.28. The molecule has 29 heavy (non-hydrogen) atoms. The highest BCUT2D eigenvalue weighted by Crippen LogP contribution is 2.33. The molecule has 1 aromatic heterocycles. The van der Waals surface area contributed by atoms with Gasteiger partial charge in [-0.2, -0.15) is 0 Å². The van der Waals surface area contributed by atoms with E-state index in [0.717, 1.165) is 27.8 Å². The summed E-state index contributed by atoms with van der Waals surface area (Å²) in [7, 11) is 0. The summed E-state index contributed by atoms with van der Waals surface area (Å²) in [4.78, 5) is 31.6. The average Bonchev–Trinajstić information content (AvgIpc) is 3.08. The van der Waals surface area contributed by atoms with E-state index < -0.39 is 0 Å². The molecular formula is C24H23N3O2. The molecule has 0 radical (unpaired) electrons. The van der Waals surface area contributed by atoms with Crippen molar-refractivity contribution < 1.29 is 9.59 Å². The number of nitrogens with zero attached hydrogens (tertiary/aromatic N) is 2. The Balaban J connectivity index is 1.54. The first-order valence-electron chi connectivity index (χ1n) is 9.73. The summed E-state index contributed by atoms with van der Waals surface area (Å²) in [5.41, 5.74) is 4.78. The molecule has 1 aliphatic heterocycles. The molecule has 5 nitrogen and oxygen atoms in total. The molecule has 146 valence electrons. The summed E-state index contributed by atoms with van der Waals surface area (Å²) < 4.78 is 0. The highest BCUT2D eigenvalue weighted by atomic mass is 16.2. The molecule has 3 aromatic rings. The fourth-order valence-electron chi connectivity index (χ4n) is 3.68. The predicted molar refractivity (Wildman–Crippen MR) is 111 cm³/mol. The Labute approximate surface area is 170 Å². The summed E-state index contributed by atoms with van der Waals surface area (Å²) in [6.45, 7) is 2.96. The van der Waals surface area contributed by atoms with Crippen LogP contribution < -0.4 is 5.32 Å².